The molecule has 0 aliphatic heterocycles. The maximum atomic E-state index is 12.5. The van der Waals surface area contributed by atoms with Gasteiger partial charge < -0.3 is 14.7 Å². The van der Waals surface area contributed by atoms with Gasteiger partial charge in [-0.3, -0.25) is 9.59 Å². The molecule has 3 aromatic heterocycles. The summed E-state index contributed by atoms with van der Waals surface area (Å²) < 4.78 is 5.37. The fourth-order valence-corrected chi connectivity index (χ4v) is 3.72. The van der Waals surface area contributed by atoms with E-state index >= 15 is 0 Å². The van der Waals surface area contributed by atoms with Gasteiger partial charge in [0.25, 0.3) is 0 Å². The van der Waals surface area contributed by atoms with Crippen molar-refractivity contribution in [2.45, 2.75) is 0 Å². The fourth-order valence-electron chi connectivity index (χ4n) is 3.72. The normalized spacial score (nSPS) is 10.6. The Balaban J connectivity index is 0.000000192. The van der Waals surface area contributed by atoms with Crippen molar-refractivity contribution >= 4 is 38.7 Å². The number of benzene rings is 3. The standard InChI is InChI=1S/C19H12N2O3.C9H7NO/c22-17-11-14(13-6-2-4-8-16(13)20-17)19(23)24-18-10-9-12-5-1-3-7-15(12)21-18;11-9-6-5-7-3-1-2-4-8(7)10-9/h1-11H,(H,20,22);1-6H,(H,10,11). The van der Waals surface area contributed by atoms with Crippen LogP contribution in [0.5, 0.6) is 5.88 Å². The number of esters is 1. The van der Waals surface area contributed by atoms with Crippen LogP contribution in [-0.2, 0) is 0 Å². The van der Waals surface area contributed by atoms with E-state index in [0.717, 1.165) is 21.8 Å². The number of carbonyl (C=O) groups excluding carboxylic acids is 1. The third-order valence-electron chi connectivity index (χ3n) is 5.37. The molecule has 0 saturated heterocycles. The maximum Gasteiger partial charge on any atom is 0.345 e. The first-order valence-corrected chi connectivity index (χ1v) is 10.8. The van der Waals surface area contributed by atoms with Crippen LogP contribution >= 0.6 is 0 Å². The lowest BCUT2D eigenvalue weighted by atomic mass is 10.1. The van der Waals surface area contributed by atoms with Crippen molar-refractivity contribution in [2.24, 2.45) is 0 Å². The van der Waals surface area contributed by atoms with Gasteiger partial charge in [0.2, 0.25) is 17.0 Å². The van der Waals surface area contributed by atoms with Gasteiger partial charge in [-0.2, -0.15) is 0 Å². The molecule has 6 rings (SSSR count). The molecule has 0 radical (unpaired) electrons. The second-order valence-electron chi connectivity index (χ2n) is 7.73. The maximum absolute atomic E-state index is 12.5. The van der Waals surface area contributed by atoms with Gasteiger partial charge in [0.1, 0.15) is 0 Å². The summed E-state index contributed by atoms with van der Waals surface area (Å²) in [6.07, 6.45) is 0. The molecule has 0 amide bonds. The van der Waals surface area contributed by atoms with Gasteiger partial charge in [0.15, 0.2) is 0 Å². The molecule has 6 aromatic rings. The molecule has 2 N–H and O–H groups in total. The minimum Gasteiger partial charge on any atom is -0.404 e. The molecule has 0 unspecified atom stereocenters. The fraction of sp³-hybridized carbons (Fsp3) is 0. The number of para-hydroxylation sites is 3. The molecule has 0 spiro atoms. The predicted octanol–water partition coefficient (Wildman–Crippen LogP) is 4.82. The Morgan fingerprint density at radius 2 is 1.31 bits per heavy atom. The summed E-state index contributed by atoms with van der Waals surface area (Å²) >= 11 is 0. The van der Waals surface area contributed by atoms with Crippen molar-refractivity contribution in [3.63, 3.8) is 0 Å². The first kappa shape index (κ1) is 21.8. The quantitative estimate of drug-likeness (QED) is 0.360. The number of aromatic nitrogens is 3. The summed E-state index contributed by atoms with van der Waals surface area (Å²) in [7, 11) is 0. The lowest BCUT2D eigenvalue weighted by molar-refractivity contribution is 0.0730. The molecule has 0 atom stereocenters. The highest BCUT2D eigenvalue weighted by Gasteiger charge is 2.15. The number of nitrogens with one attached hydrogen (secondary N) is 2. The van der Waals surface area contributed by atoms with E-state index in [4.69, 9.17) is 4.74 Å². The number of hydrogen-bond donors (Lipinski definition) is 2. The van der Waals surface area contributed by atoms with E-state index in [-0.39, 0.29) is 22.6 Å². The zero-order valence-electron chi connectivity index (χ0n) is 18.4. The van der Waals surface area contributed by atoms with Crippen molar-refractivity contribution in [3.05, 3.63) is 129 Å². The van der Waals surface area contributed by atoms with Crippen LogP contribution in [0.2, 0.25) is 0 Å². The third-order valence-corrected chi connectivity index (χ3v) is 5.37. The minimum atomic E-state index is -0.611. The Morgan fingerprint density at radius 3 is 2.17 bits per heavy atom. The molecule has 0 saturated carbocycles. The summed E-state index contributed by atoms with van der Waals surface area (Å²) in [5.74, 6) is -0.414. The molecule has 0 aliphatic carbocycles. The summed E-state index contributed by atoms with van der Waals surface area (Å²) in [5.41, 5.74) is 2.02. The summed E-state index contributed by atoms with van der Waals surface area (Å²) in [4.78, 5) is 44.8. The van der Waals surface area contributed by atoms with Gasteiger partial charge in [-0.25, -0.2) is 9.78 Å². The third kappa shape index (κ3) is 4.84. The summed E-state index contributed by atoms with van der Waals surface area (Å²) in [6, 6.07) is 30.4. The van der Waals surface area contributed by atoms with Crippen LogP contribution in [0.3, 0.4) is 0 Å². The SMILES string of the molecule is O=C(Oc1ccc2ccccc2n1)c1cc(=O)[nH]c2ccccc12.O=c1ccc2ccccc2[nH]1. The number of nitrogens with zero attached hydrogens (tertiary/aromatic N) is 1. The van der Waals surface area contributed by atoms with Crippen molar-refractivity contribution in [1.82, 2.24) is 15.0 Å². The number of H-pyrrole nitrogens is 2. The number of rotatable bonds is 2. The highest BCUT2D eigenvalue weighted by molar-refractivity contribution is 6.04. The Labute approximate surface area is 198 Å². The number of aromatic amines is 2. The molecule has 170 valence electrons. The van der Waals surface area contributed by atoms with E-state index in [1.807, 2.05) is 60.7 Å². The van der Waals surface area contributed by atoms with Gasteiger partial charge in [-0.05, 0) is 35.7 Å². The zero-order valence-corrected chi connectivity index (χ0v) is 18.4. The highest BCUT2D eigenvalue weighted by Crippen LogP contribution is 2.19. The van der Waals surface area contributed by atoms with E-state index < -0.39 is 5.97 Å². The molecule has 7 nitrogen and oxygen atoms in total. The van der Waals surface area contributed by atoms with Crippen molar-refractivity contribution in [2.75, 3.05) is 0 Å². The molecular formula is C28H19N3O4. The first-order valence-electron chi connectivity index (χ1n) is 10.8. The summed E-state index contributed by atoms with van der Waals surface area (Å²) in [6.45, 7) is 0. The minimum absolute atomic E-state index is 0.0521. The Kier molecular flexibility index (Phi) is 5.88. The number of carbonyl (C=O) groups is 1. The molecule has 0 bridgehead atoms. The molecule has 35 heavy (non-hydrogen) atoms. The number of hydrogen-bond acceptors (Lipinski definition) is 5. The number of ether oxygens (including phenoxy) is 1. The van der Waals surface area contributed by atoms with Crippen LogP contribution in [-0.4, -0.2) is 20.9 Å². The average molecular weight is 461 g/mol. The lowest BCUT2D eigenvalue weighted by Gasteiger charge is -2.07. The Bertz CT molecular complexity index is 1800. The van der Waals surface area contributed by atoms with Gasteiger partial charge in [0.05, 0.1) is 11.1 Å². The van der Waals surface area contributed by atoms with Crippen LogP contribution in [0.15, 0.2) is 113 Å². The Morgan fingerprint density at radius 1 is 0.657 bits per heavy atom. The first-order chi connectivity index (χ1) is 17.1. The van der Waals surface area contributed by atoms with Crippen molar-refractivity contribution in [3.8, 4) is 5.88 Å². The van der Waals surface area contributed by atoms with E-state index in [1.165, 1.54) is 12.1 Å². The Hall–Kier alpha value is -5.04. The highest BCUT2D eigenvalue weighted by atomic mass is 16.5. The molecule has 0 fully saturated rings. The van der Waals surface area contributed by atoms with Gasteiger partial charge in [0, 0.05) is 40.0 Å². The second-order valence-corrected chi connectivity index (χ2v) is 7.73. The molecule has 7 heteroatoms. The molecular weight excluding hydrogens is 442 g/mol. The topological polar surface area (TPSA) is 105 Å². The van der Waals surface area contributed by atoms with E-state index in [9.17, 15) is 14.4 Å². The number of fused-ring (bicyclic) bond motifs is 3. The van der Waals surface area contributed by atoms with Crippen molar-refractivity contribution in [1.29, 1.82) is 0 Å². The number of pyridine rings is 3. The molecule has 3 aromatic carbocycles. The van der Waals surface area contributed by atoms with Crippen LogP contribution in [0.25, 0.3) is 32.7 Å². The zero-order chi connectivity index (χ0) is 24.2. The van der Waals surface area contributed by atoms with Gasteiger partial charge in [-0.1, -0.05) is 54.6 Å². The molecule has 3 heterocycles. The van der Waals surface area contributed by atoms with Crippen molar-refractivity contribution < 1.29 is 9.53 Å². The van der Waals surface area contributed by atoms with Gasteiger partial charge >= 0.3 is 5.97 Å². The van der Waals surface area contributed by atoms with Crippen LogP contribution < -0.4 is 15.9 Å². The van der Waals surface area contributed by atoms with Crippen LogP contribution in [0, 0.1) is 0 Å². The average Bonchev–Trinajstić information content (AvgIpc) is 2.88. The predicted molar refractivity (Wildman–Crippen MR) is 136 cm³/mol. The largest absolute Gasteiger partial charge is 0.404 e. The molecule has 0 aliphatic rings. The second kappa shape index (κ2) is 9.44. The van der Waals surface area contributed by atoms with E-state index in [1.54, 1.807) is 30.3 Å². The van der Waals surface area contributed by atoms with Crippen LogP contribution in [0.4, 0.5) is 0 Å². The smallest absolute Gasteiger partial charge is 0.345 e. The van der Waals surface area contributed by atoms with Crippen LogP contribution in [0.1, 0.15) is 10.4 Å². The van der Waals surface area contributed by atoms with E-state index in [2.05, 4.69) is 15.0 Å². The van der Waals surface area contributed by atoms with E-state index in [0.29, 0.717) is 10.9 Å². The lowest BCUT2D eigenvalue weighted by Crippen LogP contribution is -2.15. The summed E-state index contributed by atoms with van der Waals surface area (Å²) in [5, 5.41) is 2.65. The monoisotopic (exact) mass is 461 g/mol. The van der Waals surface area contributed by atoms with Gasteiger partial charge in [-0.15, -0.1) is 0 Å².